The molecule has 0 saturated carbocycles. The van der Waals surface area contributed by atoms with Crippen molar-refractivity contribution in [3.63, 3.8) is 0 Å². The van der Waals surface area contributed by atoms with Gasteiger partial charge in [0.05, 0.1) is 0 Å². The summed E-state index contributed by atoms with van der Waals surface area (Å²) < 4.78 is 0. The first-order valence-corrected chi connectivity index (χ1v) is 6.44. The van der Waals surface area contributed by atoms with Gasteiger partial charge >= 0.3 is 0 Å². The number of allylic oxidation sites excluding steroid dienone is 2. The number of thioether (sulfide) groups is 1. The first-order chi connectivity index (χ1) is 7.02. The Morgan fingerprint density at radius 2 is 2.20 bits per heavy atom. The van der Waals surface area contributed by atoms with Crippen LogP contribution in [0.2, 0.25) is 0 Å². The summed E-state index contributed by atoms with van der Waals surface area (Å²) >= 11 is 1.77. The summed E-state index contributed by atoms with van der Waals surface area (Å²) in [6.45, 7) is 5.54. The molecule has 0 fully saturated rings. The molecule has 15 heavy (non-hydrogen) atoms. The Balaban J connectivity index is 2.48. The minimum atomic E-state index is 0.0665. The maximum absolute atomic E-state index is 5.83. The van der Waals surface area contributed by atoms with Crippen molar-refractivity contribution in [2.45, 2.75) is 32.2 Å². The summed E-state index contributed by atoms with van der Waals surface area (Å²) in [4.78, 5) is 3.70. The van der Waals surface area contributed by atoms with Crippen LogP contribution in [0.4, 0.5) is 0 Å². The Morgan fingerprint density at radius 1 is 1.53 bits per heavy atom. The fourth-order valence-corrected chi connectivity index (χ4v) is 2.99. The molecule has 0 aliphatic carbocycles. The monoisotopic (exact) mass is 229 g/mol. The Morgan fingerprint density at radius 3 is 2.60 bits per heavy atom. The fraction of sp³-hybridized carbons (Fsp3) is 0.818. The lowest BCUT2D eigenvalue weighted by molar-refractivity contribution is 0.318. The molecule has 1 aliphatic heterocycles. The quantitative estimate of drug-likeness (QED) is 0.754. The van der Waals surface area contributed by atoms with E-state index in [1.807, 2.05) is 0 Å². The molecule has 1 aliphatic rings. The van der Waals surface area contributed by atoms with Crippen LogP contribution in [0.15, 0.2) is 10.6 Å². The highest BCUT2D eigenvalue weighted by Gasteiger charge is 2.20. The third-order valence-electron chi connectivity index (χ3n) is 2.72. The van der Waals surface area contributed by atoms with Gasteiger partial charge in [0.15, 0.2) is 0 Å². The molecule has 0 spiro atoms. The maximum Gasteiger partial charge on any atom is 0.127 e. The van der Waals surface area contributed by atoms with E-state index >= 15 is 0 Å². The molecule has 0 radical (unpaired) electrons. The van der Waals surface area contributed by atoms with E-state index < -0.39 is 0 Å². The fourth-order valence-electron chi connectivity index (χ4n) is 1.88. The standard InChI is InChI=1S/C11H23N3S/c1-5-9(7-14(3)4)6-10-8(2)13-11(12)15-10/h9,11,13H,5-7,12H2,1-4H3. The average molecular weight is 229 g/mol. The van der Waals surface area contributed by atoms with Crippen LogP contribution in [-0.2, 0) is 0 Å². The largest absolute Gasteiger partial charge is 0.364 e. The molecule has 0 aromatic heterocycles. The van der Waals surface area contributed by atoms with Crippen molar-refractivity contribution in [3.05, 3.63) is 10.6 Å². The van der Waals surface area contributed by atoms with Gasteiger partial charge in [-0.05, 0) is 33.4 Å². The Bertz CT molecular complexity index is 238. The van der Waals surface area contributed by atoms with Gasteiger partial charge in [0.25, 0.3) is 0 Å². The van der Waals surface area contributed by atoms with Gasteiger partial charge < -0.3 is 16.0 Å². The van der Waals surface area contributed by atoms with Gasteiger partial charge in [-0.2, -0.15) is 0 Å². The normalized spacial score (nSPS) is 23.5. The van der Waals surface area contributed by atoms with Crippen molar-refractivity contribution in [1.82, 2.24) is 10.2 Å². The highest BCUT2D eigenvalue weighted by atomic mass is 32.2. The summed E-state index contributed by atoms with van der Waals surface area (Å²) in [5, 5.41) is 3.26. The summed E-state index contributed by atoms with van der Waals surface area (Å²) in [5.74, 6) is 0.740. The van der Waals surface area contributed by atoms with Crippen molar-refractivity contribution < 1.29 is 0 Å². The lowest BCUT2D eigenvalue weighted by atomic mass is 10.0. The topological polar surface area (TPSA) is 41.3 Å². The number of hydrogen-bond donors (Lipinski definition) is 2. The van der Waals surface area contributed by atoms with E-state index in [4.69, 9.17) is 5.73 Å². The SMILES string of the molecule is CCC(CC1=C(C)NC(N)S1)CN(C)C. The smallest absolute Gasteiger partial charge is 0.127 e. The zero-order chi connectivity index (χ0) is 11.4. The average Bonchev–Trinajstić information content (AvgIpc) is 2.43. The van der Waals surface area contributed by atoms with Gasteiger partial charge in [-0.1, -0.05) is 25.1 Å². The van der Waals surface area contributed by atoms with E-state index in [1.54, 1.807) is 11.8 Å². The summed E-state index contributed by atoms with van der Waals surface area (Å²) in [7, 11) is 4.27. The Kier molecular flexibility index (Phi) is 4.96. The van der Waals surface area contributed by atoms with Crippen molar-refractivity contribution in [1.29, 1.82) is 0 Å². The molecule has 0 saturated heterocycles. The van der Waals surface area contributed by atoms with Crippen LogP contribution in [-0.4, -0.2) is 31.0 Å². The molecule has 0 bridgehead atoms. The van der Waals surface area contributed by atoms with Crippen LogP contribution in [0.5, 0.6) is 0 Å². The number of rotatable bonds is 5. The van der Waals surface area contributed by atoms with Crippen LogP contribution in [0.1, 0.15) is 26.7 Å². The molecule has 1 rings (SSSR count). The molecule has 1 heterocycles. The van der Waals surface area contributed by atoms with E-state index in [1.165, 1.54) is 17.0 Å². The van der Waals surface area contributed by atoms with Gasteiger partial charge in [0.1, 0.15) is 5.50 Å². The van der Waals surface area contributed by atoms with E-state index in [0.717, 1.165) is 18.9 Å². The molecule has 4 heteroatoms. The molecule has 0 aromatic rings. The molecule has 2 unspecified atom stereocenters. The zero-order valence-corrected chi connectivity index (χ0v) is 11.0. The van der Waals surface area contributed by atoms with Crippen LogP contribution in [0, 0.1) is 5.92 Å². The molecule has 0 aromatic carbocycles. The lowest BCUT2D eigenvalue weighted by Crippen LogP contribution is -2.28. The van der Waals surface area contributed by atoms with Crippen molar-refractivity contribution in [2.75, 3.05) is 20.6 Å². The second kappa shape index (κ2) is 5.77. The first-order valence-electron chi connectivity index (χ1n) is 5.56. The third-order valence-corrected chi connectivity index (χ3v) is 3.85. The van der Waals surface area contributed by atoms with E-state index in [2.05, 4.69) is 38.2 Å². The van der Waals surface area contributed by atoms with Gasteiger partial charge in [0.2, 0.25) is 0 Å². The lowest BCUT2D eigenvalue weighted by Gasteiger charge is -2.19. The summed E-state index contributed by atoms with van der Waals surface area (Å²) in [6.07, 6.45) is 2.39. The highest BCUT2D eigenvalue weighted by molar-refractivity contribution is 8.03. The Hall–Kier alpha value is -0.190. The van der Waals surface area contributed by atoms with Gasteiger partial charge in [-0.15, -0.1) is 0 Å². The van der Waals surface area contributed by atoms with E-state index in [0.29, 0.717) is 0 Å². The molecular weight excluding hydrogens is 206 g/mol. The van der Waals surface area contributed by atoms with Crippen LogP contribution in [0.3, 0.4) is 0 Å². The molecule has 88 valence electrons. The number of nitrogens with zero attached hydrogens (tertiary/aromatic N) is 1. The number of nitrogens with one attached hydrogen (secondary N) is 1. The number of nitrogens with two attached hydrogens (primary N) is 1. The first kappa shape index (κ1) is 12.9. The Labute approximate surface area is 97.5 Å². The highest BCUT2D eigenvalue weighted by Crippen LogP contribution is 2.33. The number of hydrogen-bond acceptors (Lipinski definition) is 4. The second-order valence-corrected chi connectivity index (χ2v) is 5.71. The predicted octanol–water partition coefficient (Wildman–Crippen LogP) is 1.77. The third kappa shape index (κ3) is 4.05. The molecule has 3 N–H and O–H groups in total. The van der Waals surface area contributed by atoms with Gasteiger partial charge in [-0.3, -0.25) is 0 Å². The van der Waals surface area contributed by atoms with Gasteiger partial charge in [0, 0.05) is 17.1 Å². The summed E-state index contributed by atoms with van der Waals surface area (Å²) in [6, 6.07) is 0. The maximum atomic E-state index is 5.83. The van der Waals surface area contributed by atoms with Gasteiger partial charge in [-0.25, -0.2) is 0 Å². The van der Waals surface area contributed by atoms with Crippen molar-refractivity contribution in [2.24, 2.45) is 11.7 Å². The second-order valence-electron chi connectivity index (χ2n) is 4.47. The van der Waals surface area contributed by atoms with Crippen molar-refractivity contribution in [3.8, 4) is 0 Å². The zero-order valence-electron chi connectivity index (χ0n) is 10.2. The molecule has 0 amide bonds. The van der Waals surface area contributed by atoms with E-state index in [9.17, 15) is 0 Å². The molecular formula is C11H23N3S. The minimum Gasteiger partial charge on any atom is -0.364 e. The predicted molar refractivity (Wildman–Crippen MR) is 68.4 cm³/mol. The molecule has 2 atom stereocenters. The van der Waals surface area contributed by atoms with Crippen LogP contribution < -0.4 is 11.1 Å². The van der Waals surface area contributed by atoms with E-state index in [-0.39, 0.29) is 5.50 Å². The minimum absolute atomic E-state index is 0.0665. The summed E-state index contributed by atoms with van der Waals surface area (Å²) in [5.41, 5.74) is 7.17. The van der Waals surface area contributed by atoms with Crippen LogP contribution in [0.25, 0.3) is 0 Å². The van der Waals surface area contributed by atoms with Crippen molar-refractivity contribution >= 4 is 11.8 Å². The molecule has 3 nitrogen and oxygen atoms in total. The van der Waals surface area contributed by atoms with Crippen LogP contribution >= 0.6 is 11.8 Å².